The van der Waals surface area contributed by atoms with Gasteiger partial charge in [0.2, 0.25) is 5.91 Å². The number of hydrogen-bond donors (Lipinski definition) is 0. The van der Waals surface area contributed by atoms with Crippen molar-refractivity contribution in [1.29, 1.82) is 0 Å². The van der Waals surface area contributed by atoms with Crippen molar-refractivity contribution in [2.75, 3.05) is 47.0 Å². The Morgan fingerprint density at radius 3 is 2.48 bits per heavy atom. The molecule has 0 aliphatic carbocycles. The van der Waals surface area contributed by atoms with Gasteiger partial charge in [0.1, 0.15) is 11.5 Å². The third-order valence-corrected chi connectivity index (χ3v) is 5.97. The summed E-state index contributed by atoms with van der Waals surface area (Å²) in [5.74, 6) is 1.47. The standard InChI is InChI=1S/C22H32N2O5/c1-4-29-22(26)16-9-12-23(13-10-16)21(25)15-24-11-5-6-19(24)18-8-7-17(27-2)14-20(18)28-3/h7-8,14,16,19H,4-6,9-13,15H2,1-3H3. The van der Waals surface area contributed by atoms with Gasteiger partial charge in [-0.05, 0) is 45.2 Å². The molecule has 29 heavy (non-hydrogen) atoms. The van der Waals surface area contributed by atoms with E-state index in [9.17, 15) is 9.59 Å². The molecule has 1 aromatic carbocycles. The smallest absolute Gasteiger partial charge is 0.309 e. The van der Waals surface area contributed by atoms with Crippen LogP contribution in [0.25, 0.3) is 0 Å². The highest BCUT2D eigenvalue weighted by Crippen LogP contribution is 2.38. The van der Waals surface area contributed by atoms with E-state index in [0.717, 1.165) is 36.4 Å². The molecule has 7 nitrogen and oxygen atoms in total. The van der Waals surface area contributed by atoms with Crippen LogP contribution < -0.4 is 9.47 Å². The molecule has 0 radical (unpaired) electrons. The normalized spacial score (nSPS) is 20.5. The molecule has 0 aromatic heterocycles. The lowest BCUT2D eigenvalue weighted by Gasteiger charge is -2.33. The van der Waals surface area contributed by atoms with Crippen LogP contribution in [0.15, 0.2) is 18.2 Å². The van der Waals surface area contributed by atoms with Crippen molar-refractivity contribution >= 4 is 11.9 Å². The van der Waals surface area contributed by atoms with E-state index in [0.29, 0.717) is 39.1 Å². The van der Waals surface area contributed by atoms with Gasteiger partial charge in [0.05, 0.1) is 33.3 Å². The van der Waals surface area contributed by atoms with E-state index in [1.165, 1.54) is 0 Å². The summed E-state index contributed by atoms with van der Waals surface area (Å²) in [5, 5.41) is 0. The highest BCUT2D eigenvalue weighted by Gasteiger charge is 2.33. The average Bonchev–Trinajstić information content (AvgIpc) is 3.21. The van der Waals surface area contributed by atoms with Gasteiger partial charge in [0, 0.05) is 30.8 Å². The van der Waals surface area contributed by atoms with Crippen LogP contribution in [0.2, 0.25) is 0 Å². The Balaban J connectivity index is 1.60. The van der Waals surface area contributed by atoms with Crippen LogP contribution in [-0.4, -0.2) is 68.7 Å². The summed E-state index contributed by atoms with van der Waals surface area (Å²) in [4.78, 5) is 28.9. The fourth-order valence-corrected chi connectivity index (χ4v) is 4.36. The van der Waals surface area contributed by atoms with E-state index in [1.54, 1.807) is 14.2 Å². The number of esters is 1. The molecule has 0 N–H and O–H groups in total. The minimum atomic E-state index is -0.134. The monoisotopic (exact) mass is 404 g/mol. The zero-order valence-electron chi connectivity index (χ0n) is 17.7. The number of likely N-dealkylation sites (tertiary alicyclic amines) is 2. The van der Waals surface area contributed by atoms with Crippen molar-refractivity contribution in [3.8, 4) is 11.5 Å². The van der Waals surface area contributed by atoms with E-state index in [1.807, 2.05) is 30.0 Å². The Morgan fingerprint density at radius 1 is 1.07 bits per heavy atom. The molecule has 2 aliphatic rings. The zero-order chi connectivity index (χ0) is 20.8. The van der Waals surface area contributed by atoms with Crippen molar-refractivity contribution in [1.82, 2.24) is 9.80 Å². The summed E-state index contributed by atoms with van der Waals surface area (Å²) in [6, 6.07) is 6.04. The minimum Gasteiger partial charge on any atom is -0.497 e. The topological polar surface area (TPSA) is 68.3 Å². The van der Waals surface area contributed by atoms with Gasteiger partial charge in [-0.3, -0.25) is 14.5 Å². The molecule has 7 heteroatoms. The fourth-order valence-electron chi connectivity index (χ4n) is 4.36. The number of benzene rings is 1. The Morgan fingerprint density at radius 2 is 1.83 bits per heavy atom. The molecule has 1 aromatic rings. The van der Waals surface area contributed by atoms with Crippen molar-refractivity contribution < 1.29 is 23.8 Å². The lowest BCUT2D eigenvalue weighted by Crippen LogP contribution is -2.45. The number of carbonyl (C=O) groups excluding carboxylic acids is 2. The summed E-state index contributed by atoms with van der Waals surface area (Å²) < 4.78 is 16.0. The van der Waals surface area contributed by atoms with Gasteiger partial charge in [-0.1, -0.05) is 6.07 Å². The van der Waals surface area contributed by atoms with Crippen LogP contribution in [0, 0.1) is 5.92 Å². The third kappa shape index (κ3) is 5.01. The maximum Gasteiger partial charge on any atom is 0.309 e. The predicted octanol–water partition coefficient (Wildman–Crippen LogP) is 2.64. The highest BCUT2D eigenvalue weighted by molar-refractivity contribution is 5.79. The molecular formula is C22H32N2O5. The Bertz CT molecular complexity index is 715. The SMILES string of the molecule is CCOC(=O)C1CCN(C(=O)CN2CCCC2c2ccc(OC)cc2OC)CC1. The van der Waals surface area contributed by atoms with Crippen molar-refractivity contribution in [2.24, 2.45) is 5.92 Å². The summed E-state index contributed by atoms with van der Waals surface area (Å²) in [7, 11) is 3.30. The Labute approximate surface area is 172 Å². The Kier molecular flexibility index (Phi) is 7.36. The van der Waals surface area contributed by atoms with Gasteiger partial charge in [0.25, 0.3) is 0 Å². The van der Waals surface area contributed by atoms with Crippen molar-refractivity contribution in [3.05, 3.63) is 23.8 Å². The average molecular weight is 405 g/mol. The van der Waals surface area contributed by atoms with E-state index in [2.05, 4.69) is 4.90 Å². The van der Waals surface area contributed by atoms with Gasteiger partial charge in [-0.15, -0.1) is 0 Å². The van der Waals surface area contributed by atoms with E-state index >= 15 is 0 Å². The first-order valence-electron chi connectivity index (χ1n) is 10.5. The number of carbonyl (C=O) groups is 2. The molecule has 160 valence electrons. The quantitative estimate of drug-likeness (QED) is 0.651. The number of rotatable bonds is 7. The second-order valence-electron chi connectivity index (χ2n) is 7.64. The molecule has 2 aliphatic heterocycles. The fraction of sp³-hybridized carbons (Fsp3) is 0.636. The molecule has 1 amide bonds. The molecule has 3 rings (SSSR count). The van der Waals surface area contributed by atoms with E-state index in [-0.39, 0.29) is 23.8 Å². The first-order valence-corrected chi connectivity index (χ1v) is 10.5. The van der Waals surface area contributed by atoms with E-state index < -0.39 is 0 Å². The number of amides is 1. The van der Waals surface area contributed by atoms with Crippen LogP contribution in [0.1, 0.15) is 44.2 Å². The number of hydrogen-bond acceptors (Lipinski definition) is 6. The summed E-state index contributed by atoms with van der Waals surface area (Å²) in [6.07, 6.45) is 3.42. The third-order valence-electron chi connectivity index (χ3n) is 5.97. The predicted molar refractivity (Wildman–Crippen MR) is 109 cm³/mol. The maximum absolute atomic E-state index is 12.9. The van der Waals surface area contributed by atoms with Crippen LogP contribution in [-0.2, 0) is 14.3 Å². The molecule has 2 heterocycles. The molecule has 1 atom stereocenters. The lowest BCUT2D eigenvalue weighted by molar-refractivity contribution is -0.151. The van der Waals surface area contributed by atoms with Crippen molar-refractivity contribution in [3.63, 3.8) is 0 Å². The Hall–Kier alpha value is -2.28. The number of ether oxygens (including phenoxy) is 3. The molecule has 2 saturated heterocycles. The molecule has 1 unspecified atom stereocenters. The van der Waals surface area contributed by atoms with Crippen LogP contribution in [0.3, 0.4) is 0 Å². The number of nitrogens with zero attached hydrogens (tertiary/aromatic N) is 2. The van der Waals surface area contributed by atoms with Gasteiger partial charge in [-0.25, -0.2) is 0 Å². The molecule has 0 saturated carbocycles. The van der Waals surface area contributed by atoms with E-state index in [4.69, 9.17) is 14.2 Å². The van der Waals surface area contributed by atoms with Gasteiger partial charge in [-0.2, -0.15) is 0 Å². The largest absolute Gasteiger partial charge is 0.497 e. The summed E-state index contributed by atoms with van der Waals surface area (Å²) in [5.41, 5.74) is 1.10. The summed E-state index contributed by atoms with van der Waals surface area (Å²) >= 11 is 0. The second kappa shape index (κ2) is 9.96. The van der Waals surface area contributed by atoms with Crippen LogP contribution in [0.5, 0.6) is 11.5 Å². The lowest BCUT2D eigenvalue weighted by atomic mass is 9.97. The zero-order valence-corrected chi connectivity index (χ0v) is 17.7. The first-order chi connectivity index (χ1) is 14.1. The highest BCUT2D eigenvalue weighted by atomic mass is 16.5. The molecule has 0 bridgehead atoms. The molecular weight excluding hydrogens is 372 g/mol. The maximum atomic E-state index is 12.9. The number of piperidine rings is 1. The minimum absolute atomic E-state index is 0.0814. The first kappa shape index (κ1) is 21.4. The van der Waals surface area contributed by atoms with Gasteiger partial charge >= 0.3 is 5.97 Å². The van der Waals surface area contributed by atoms with Crippen LogP contribution >= 0.6 is 0 Å². The molecule has 0 spiro atoms. The van der Waals surface area contributed by atoms with Gasteiger partial charge < -0.3 is 19.1 Å². The van der Waals surface area contributed by atoms with Crippen molar-refractivity contribution in [2.45, 2.75) is 38.6 Å². The van der Waals surface area contributed by atoms with Gasteiger partial charge in [0.15, 0.2) is 0 Å². The second-order valence-corrected chi connectivity index (χ2v) is 7.64. The molecule has 2 fully saturated rings. The summed E-state index contributed by atoms with van der Waals surface area (Å²) in [6.45, 7) is 4.75. The number of methoxy groups -OCH3 is 2. The van der Waals surface area contributed by atoms with Crippen LogP contribution in [0.4, 0.5) is 0 Å².